The van der Waals surface area contributed by atoms with Crippen LogP contribution in [0.15, 0.2) is 115 Å². The maximum atomic E-state index is 13.1. The van der Waals surface area contributed by atoms with Crippen molar-refractivity contribution in [1.82, 2.24) is 24.9 Å². The van der Waals surface area contributed by atoms with Crippen molar-refractivity contribution < 1.29 is 41.8 Å². The fraction of sp³-hybridized carbons (Fsp3) is 0.0698. The molecule has 0 saturated heterocycles. The van der Waals surface area contributed by atoms with Crippen LogP contribution in [0.2, 0.25) is 0 Å². The maximum absolute atomic E-state index is 13.1. The van der Waals surface area contributed by atoms with E-state index in [1.54, 1.807) is 45.6 Å². The van der Waals surface area contributed by atoms with E-state index in [9.17, 15) is 27.6 Å². The highest BCUT2D eigenvalue weighted by atomic mass is 32.1. The molecule has 0 fully saturated rings. The van der Waals surface area contributed by atoms with Gasteiger partial charge in [-0.25, -0.2) is 28.7 Å². The number of anilines is 3. The van der Waals surface area contributed by atoms with Crippen molar-refractivity contribution in [2.45, 2.75) is 0 Å². The number of nitrogens with one attached hydrogen (secondary N) is 3. The Labute approximate surface area is 367 Å². The first-order valence-corrected chi connectivity index (χ1v) is 20.7. The third-order valence-electron chi connectivity index (χ3n) is 8.46. The second-order valence-corrected chi connectivity index (χ2v) is 15.7. The Morgan fingerprint density at radius 3 is 1.40 bits per heavy atom. The zero-order valence-electron chi connectivity index (χ0n) is 33.0. The predicted octanol–water partition coefficient (Wildman–Crippen LogP) is 9.88. The van der Waals surface area contributed by atoms with E-state index in [-0.39, 0.29) is 23.1 Å². The Morgan fingerprint density at radius 1 is 0.492 bits per heavy atom. The van der Waals surface area contributed by atoms with Crippen LogP contribution in [0.3, 0.4) is 0 Å². The molecule has 0 aliphatic rings. The van der Waals surface area contributed by atoms with E-state index in [4.69, 9.17) is 14.2 Å². The van der Waals surface area contributed by atoms with Gasteiger partial charge in [-0.3, -0.25) is 35.3 Å². The summed E-state index contributed by atoms with van der Waals surface area (Å²) in [6.07, 6.45) is 1.24. The number of halogens is 3. The summed E-state index contributed by atoms with van der Waals surface area (Å²) >= 11 is 3.97. The molecule has 0 aliphatic heterocycles. The molecule has 0 aliphatic carbocycles. The summed E-state index contributed by atoms with van der Waals surface area (Å²) in [6.45, 7) is 0. The van der Waals surface area contributed by atoms with Crippen molar-refractivity contribution in [3.8, 4) is 17.2 Å². The molecule has 63 heavy (non-hydrogen) atoms. The third-order valence-corrected chi connectivity index (χ3v) is 11.3. The van der Waals surface area contributed by atoms with Crippen LogP contribution in [0.1, 0.15) is 31.3 Å². The number of benzene rings is 4. The Hall–Kier alpha value is -7.55. The normalized spacial score (nSPS) is 10.6. The number of rotatable bonds is 9. The van der Waals surface area contributed by atoms with E-state index in [1.807, 2.05) is 30.3 Å². The monoisotopic (exact) mass is 905 g/mol. The topological polar surface area (TPSA) is 179 Å². The summed E-state index contributed by atoms with van der Waals surface area (Å²) in [4.78, 5) is 56.2. The highest BCUT2D eigenvalue weighted by Gasteiger charge is 2.15. The molecule has 9 aromatic rings. The molecule has 0 radical (unpaired) electrons. The molecule has 4 aromatic carbocycles. The lowest BCUT2D eigenvalue weighted by Gasteiger charge is -2.00. The average molecular weight is 906 g/mol. The van der Waals surface area contributed by atoms with E-state index < -0.39 is 23.6 Å². The van der Waals surface area contributed by atoms with Gasteiger partial charge in [0.05, 0.1) is 52.0 Å². The summed E-state index contributed by atoms with van der Waals surface area (Å²) in [7, 11) is 4.76. The number of carbonyl (C=O) groups excluding carboxylic acids is 3. The molecule has 5 heterocycles. The zero-order chi connectivity index (χ0) is 44.5. The third kappa shape index (κ3) is 11.2. The Balaban J connectivity index is 0.000000142. The van der Waals surface area contributed by atoms with Crippen molar-refractivity contribution in [2.24, 2.45) is 0 Å². The van der Waals surface area contributed by atoms with Crippen molar-refractivity contribution in [1.29, 1.82) is 0 Å². The minimum atomic E-state index is -0.698. The van der Waals surface area contributed by atoms with E-state index >= 15 is 0 Å². The second-order valence-electron chi connectivity index (χ2n) is 12.6. The van der Waals surface area contributed by atoms with Crippen LogP contribution in [0, 0.1) is 17.6 Å². The zero-order valence-corrected chi connectivity index (χ0v) is 35.5. The van der Waals surface area contributed by atoms with E-state index in [1.165, 1.54) is 88.7 Å². The Morgan fingerprint density at radius 2 is 0.952 bits per heavy atom. The highest BCUT2D eigenvalue weighted by Crippen LogP contribution is 2.32. The van der Waals surface area contributed by atoms with Gasteiger partial charge in [0.1, 0.15) is 40.3 Å². The number of carbonyl (C=O) groups is 3. The van der Waals surface area contributed by atoms with Crippen molar-refractivity contribution in [3.05, 3.63) is 150 Å². The Kier molecular flexibility index (Phi) is 13.7. The lowest BCUT2D eigenvalue weighted by Crippen LogP contribution is -2.13. The van der Waals surface area contributed by atoms with Gasteiger partial charge in [0.15, 0.2) is 15.4 Å². The van der Waals surface area contributed by atoms with Crippen LogP contribution in [-0.2, 0) is 0 Å². The largest absolute Gasteiger partial charge is 0.497 e. The SMILES string of the molecule is COc1ccc2nc(NC(=O)c3cc([18F])ccn3)sc2c1.COc1ccc2nc(NC(=O)c3ccc([18F])cc3)sc2c1.COc1ccc2nc(NC(=O)c3cccc([18F])n3)sc2c1. The van der Waals surface area contributed by atoms with E-state index in [0.717, 1.165) is 54.0 Å². The first-order valence-electron chi connectivity index (χ1n) is 18.2. The van der Waals surface area contributed by atoms with Gasteiger partial charge in [0.2, 0.25) is 5.95 Å². The lowest BCUT2D eigenvalue weighted by atomic mass is 10.2. The number of amides is 3. The summed E-state index contributed by atoms with van der Waals surface area (Å²) in [5.74, 6) is -0.726. The van der Waals surface area contributed by atoms with Crippen molar-refractivity contribution >= 4 is 97.8 Å². The number of methoxy groups -OCH3 is 3. The predicted molar refractivity (Wildman–Crippen MR) is 237 cm³/mol. The molecule has 0 saturated carbocycles. The molecule has 9 rings (SSSR count). The number of fused-ring (bicyclic) bond motifs is 3. The molecule has 3 amide bonds. The highest BCUT2D eigenvalue weighted by molar-refractivity contribution is 7.23. The smallest absolute Gasteiger partial charge is 0.276 e. The average Bonchev–Trinajstić information content (AvgIpc) is 4.01. The first kappa shape index (κ1) is 43.5. The number of hydrogen-bond donors (Lipinski definition) is 3. The van der Waals surface area contributed by atoms with Crippen LogP contribution in [0.4, 0.5) is 28.6 Å². The molecular formula is C43H31F3N8O6S3. The van der Waals surface area contributed by atoms with Gasteiger partial charge < -0.3 is 14.2 Å². The van der Waals surface area contributed by atoms with E-state index in [0.29, 0.717) is 21.0 Å². The number of pyridine rings is 2. The molecule has 0 spiro atoms. The minimum Gasteiger partial charge on any atom is -0.497 e. The van der Waals surface area contributed by atoms with Crippen LogP contribution >= 0.6 is 34.0 Å². The minimum absolute atomic E-state index is 0.00633. The van der Waals surface area contributed by atoms with Gasteiger partial charge in [-0.15, -0.1) is 0 Å². The number of hydrogen-bond acceptors (Lipinski definition) is 14. The van der Waals surface area contributed by atoms with Gasteiger partial charge in [-0.2, -0.15) is 4.39 Å². The van der Waals surface area contributed by atoms with E-state index in [2.05, 4.69) is 40.9 Å². The van der Waals surface area contributed by atoms with Gasteiger partial charge in [-0.05, 0) is 97.1 Å². The molecule has 318 valence electrons. The fourth-order valence-corrected chi connectivity index (χ4v) is 8.08. The Bertz CT molecular complexity index is 2950. The molecular weight excluding hydrogens is 875 g/mol. The van der Waals surface area contributed by atoms with Crippen molar-refractivity contribution in [3.63, 3.8) is 0 Å². The lowest BCUT2D eigenvalue weighted by molar-refractivity contribution is 0.101. The maximum Gasteiger partial charge on any atom is 0.276 e. The number of nitrogens with zero attached hydrogens (tertiary/aromatic N) is 5. The fourth-order valence-electron chi connectivity index (χ4n) is 5.41. The molecule has 5 aromatic heterocycles. The first-order chi connectivity index (χ1) is 30.5. The molecule has 3 N–H and O–H groups in total. The van der Waals surface area contributed by atoms with Crippen LogP contribution in [-0.4, -0.2) is 64.0 Å². The summed E-state index contributed by atoms with van der Waals surface area (Å²) < 4.78 is 57.0. The second kappa shape index (κ2) is 19.9. The van der Waals surface area contributed by atoms with Gasteiger partial charge in [0, 0.05) is 17.8 Å². The van der Waals surface area contributed by atoms with Crippen LogP contribution in [0.25, 0.3) is 30.6 Å². The molecule has 0 unspecified atom stereocenters. The number of thiazole rings is 3. The molecule has 20 heteroatoms. The summed E-state index contributed by atoms with van der Waals surface area (Å²) in [6, 6.07) is 28.0. The van der Waals surface area contributed by atoms with Gasteiger partial charge in [0.25, 0.3) is 17.7 Å². The van der Waals surface area contributed by atoms with Crippen LogP contribution < -0.4 is 30.2 Å². The summed E-state index contributed by atoms with van der Waals surface area (Å²) in [5.41, 5.74) is 2.69. The van der Waals surface area contributed by atoms with Crippen LogP contribution in [0.5, 0.6) is 17.2 Å². The number of ether oxygens (including phenoxy) is 3. The molecule has 14 nitrogen and oxygen atoms in total. The quantitative estimate of drug-likeness (QED) is 0.117. The molecule has 0 atom stereocenters. The number of aromatic nitrogens is 5. The van der Waals surface area contributed by atoms with Crippen molar-refractivity contribution in [2.75, 3.05) is 37.3 Å². The summed E-state index contributed by atoms with van der Waals surface area (Å²) in [5, 5.41) is 9.28. The standard InChI is InChI=1S/C15H11FN2O2S.2C14H10FN3O2S/c1-20-11-6-7-12-13(8-11)21-15(17-12)18-14(19)9-2-4-10(16)5-3-9;1-20-9-2-3-10-12(7-9)21-14(17-10)18-13(19)11-6-8(15)4-5-16-11;1-20-8-5-6-9-11(7-8)21-14(17-9)18-13(19)10-3-2-4-12(15)16-10/h2-8H,1H3,(H,17,18,19);2*2-7H,1H3,(H,17,18,19)/i16-1;2*15-1. The molecule has 0 bridgehead atoms. The van der Waals surface area contributed by atoms with Gasteiger partial charge in [-0.1, -0.05) is 40.1 Å². The van der Waals surface area contributed by atoms with Gasteiger partial charge >= 0.3 is 0 Å².